The zero-order chi connectivity index (χ0) is 17.6. The summed E-state index contributed by atoms with van der Waals surface area (Å²) in [5, 5.41) is 5.83. The lowest BCUT2D eigenvalue weighted by Gasteiger charge is -2.26. The van der Waals surface area contributed by atoms with Crippen molar-refractivity contribution in [3.05, 3.63) is 59.4 Å². The number of benzene rings is 2. The van der Waals surface area contributed by atoms with Crippen molar-refractivity contribution in [3.8, 4) is 5.75 Å². The van der Waals surface area contributed by atoms with Crippen molar-refractivity contribution < 1.29 is 13.9 Å². The van der Waals surface area contributed by atoms with Crippen molar-refractivity contribution in [2.45, 2.75) is 23.8 Å². The Hall–Kier alpha value is -2.21. The summed E-state index contributed by atoms with van der Waals surface area (Å²) < 4.78 is 18.6. The van der Waals surface area contributed by atoms with E-state index in [1.807, 2.05) is 24.3 Å². The molecule has 1 unspecified atom stereocenters. The van der Waals surface area contributed by atoms with Crippen molar-refractivity contribution in [2.75, 3.05) is 19.4 Å². The molecule has 0 aromatic heterocycles. The summed E-state index contributed by atoms with van der Waals surface area (Å²) in [6.45, 7) is 0.537. The van der Waals surface area contributed by atoms with E-state index < -0.39 is 0 Å². The Morgan fingerprint density at radius 3 is 2.84 bits per heavy atom. The molecule has 1 aliphatic heterocycles. The number of nitrogens with one attached hydrogen (secondary N) is 2. The standard InChI is InChI=1S/C19H21FN2O2S/c1-24-15-5-2-13(3-6-15)8-10-21-19(23)22-17-9-11-25-18-7-4-14(20)12-16(17)18/h2-7,12,17H,8-11H2,1H3,(H2,21,22,23). The molecule has 1 aliphatic rings. The van der Waals surface area contributed by atoms with Crippen LogP contribution in [0.4, 0.5) is 9.18 Å². The van der Waals surface area contributed by atoms with Crippen molar-refractivity contribution in [1.82, 2.24) is 10.6 Å². The molecular weight excluding hydrogens is 339 g/mol. The first-order valence-electron chi connectivity index (χ1n) is 8.25. The van der Waals surface area contributed by atoms with Gasteiger partial charge in [0.15, 0.2) is 0 Å². The Kier molecular flexibility index (Phi) is 5.81. The lowest BCUT2D eigenvalue weighted by atomic mass is 10.0. The molecule has 0 bridgehead atoms. The monoisotopic (exact) mass is 360 g/mol. The molecule has 0 saturated carbocycles. The highest BCUT2D eigenvalue weighted by molar-refractivity contribution is 7.99. The van der Waals surface area contributed by atoms with Gasteiger partial charge in [0.2, 0.25) is 0 Å². The summed E-state index contributed by atoms with van der Waals surface area (Å²) in [5.41, 5.74) is 1.99. The molecule has 2 amide bonds. The van der Waals surface area contributed by atoms with Crippen molar-refractivity contribution in [2.24, 2.45) is 0 Å². The number of hydrogen-bond donors (Lipinski definition) is 2. The van der Waals surface area contributed by atoms with Gasteiger partial charge in [0.05, 0.1) is 13.2 Å². The minimum atomic E-state index is -0.270. The highest BCUT2D eigenvalue weighted by Gasteiger charge is 2.22. The number of ether oxygens (including phenoxy) is 1. The summed E-state index contributed by atoms with van der Waals surface area (Å²) in [5.74, 6) is 1.46. The molecule has 132 valence electrons. The van der Waals surface area contributed by atoms with Gasteiger partial charge < -0.3 is 15.4 Å². The first-order chi connectivity index (χ1) is 12.2. The summed E-state index contributed by atoms with van der Waals surface area (Å²) in [6, 6.07) is 12.2. The number of amides is 2. The van der Waals surface area contributed by atoms with Gasteiger partial charge >= 0.3 is 6.03 Å². The molecule has 2 N–H and O–H groups in total. The molecule has 0 radical (unpaired) electrons. The summed E-state index contributed by atoms with van der Waals surface area (Å²) in [4.78, 5) is 13.2. The minimum absolute atomic E-state index is 0.145. The Morgan fingerprint density at radius 1 is 1.28 bits per heavy atom. The van der Waals surface area contributed by atoms with Crippen LogP contribution in [0, 0.1) is 5.82 Å². The lowest BCUT2D eigenvalue weighted by molar-refractivity contribution is 0.236. The average molecular weight is 360 g/mol. The first-order valence-corrected chi connectivity index (χ1v) is 9.24. The number of rotatable bonds is 5. The number of urea groups is 1. The molecule has 0 spiro atoms. The fraction of sp³-hybridized carbons (Fsp3) is 0.316. The maximum absolute atomic E-state index is 13.5. The third kappa shape index (κ3) is 4.66. The predicted octanol–water partition coefficient (Wildman–Crippen LogP) is 3.91. The summed E-state index contributed by atoms with van der Waals surface area (Å²) in [7, 11) is 1.63. The Bertz CT molecular complexity index is 737. The number of carbonyl (C=O) groups excluding carboxylic acids is 1. The molecule has 25 heavy (non-hydrogen) atoms. The molecule has 0 aliphatic carbocycles. The molecule has 1 atom stereocenters. The molecular formula is C19H21FN2O2S. The van der Waals surface area contributed by atoms with Gasteiger partial charge in [0, 0.05) is 17.2 Å². The van der Waals surface area contributed by atoms with Crippen LogP contribution in [0.1, 0.15) is 23.6 Å². The molecule has 2 aromatic rings. The Balaban J connectivity index is 1.50. The van der Waals surface area contributed by atoms with Gasteiger partial charge in [0.25, 0.3) is 0 Å². The van der Waals surface area contributed by atoms with Crippen molar-refractivity contribution in [3.63, 3.8) is 0 Å². The van der Waals surface area contributed by atoms with E-state index >= 15 is 0 Å². The maximum Gasteiger partial charge on any atom is 0.315 e. The predicted molar refractivity (Wildman–Crippen MR) is 97.7 cm³/mol. The highest BCUT2D eigenvalue weighted by Crippen LogP contribution is 2.36. The van der Waals surface area contributed by atoms with Crippen LogP contribution in [0.15, 0.2) is 47.4 Å². The lowest BCUT2D eigenvalue weighted by Crippen LogP contribution is -2.39. The zero-order valence-electron chi connectivity index (χ0n) is 14.0. The maximum atomic E-state index is 13.5. The summed E-state index contributed by atoms with van der Waals surface area (Å²) >= 11 is 1.70. The fourth-order valence-corrected chi connectivity index (χ4v) is 3.94. The van der Waals surface area contributed by atoms with Gasteiger partial charge in [-0.3, -0.25) is 0 Å². The number of thioether (sulfide) groups is 1. The Morgan fingerprint density at radius 2 is 2.08 bits per heavy atom. The van der Waals surface area contributed by atoms with Crippen LogP contribution < -0.4 is 15.4 Å². The molecule has 0 fully saturated rings. The van der Waals surface area contributed by atoms with Crippen molar-refractivity contribution >= 4 is 17.8 Å². The van der Waals surface area contributed by atoms with Crippen LogP contribution in [0.25, 0.3) is 0 Å². The van der Waals surface area contributed by atoms with E-state index in [4.69, 9.17) is 4.74 Å². The second-order valence-corrected chi connectivity index (χ2v) is 7.01. The van der Waals surface area contributed by atoms with Gasteiger partial charge in [-0.05, 0) is 54.3 Å². The average Bonchev–Trinajstić information content (AvgIpc) is 2.63. The second-order valence-electron chi connectivity index (χ2n) is 5.87. The van der Waals surface area contributed by atoms with Crippen LogP contribution in [-0.4, -0.2) is 25.4 Å². The molecule has 0 saturated heterocycles. The molecule has 6 heteroatoms. The number of carbonyl (C=O) groups is 1. The van der Waals surface area contributed by atoms with E-state index in [0.717, 1.165) is 40.4 Å². The minimum Gasteiger partial charge on any atom is -0.497 e. The quantitative estimate of drug-likeness (QED) is 0.850. The molecule has 2 aromatic carbocycles. The van der Waals surface area contributed by atoms with Gasteiger partial charge in [-0.25, -0.2) is 9.18 Å². The van der Waals surface area contributed by atoms with E-state index in [2.05, 4.69) is 10.6 Å². The smallest absolute Gasteiger partial charge is 0.315 e. The SMILES string of the molecule is COc1ccc(CCNC(=O)NC2CCSc3ccc(F)cc32)cc1. The van der Waals surface area contributed by atoms with Crippen LogP contribution in [0.3, 0.4) is 0 Å². The topological polar surface area (TPSA) is 50.4 Å². The number of halogens is 1. The van der Waals surface area contributed by atoms with Gasteiger partial charge in [-0.1, -0.05) is 12.1 Å². The second kappa shape index (κ2) is 8.25. The van der Waals surface area contributed by atoms with Crippen LogP contribution in [-0.2, 0) is 6.42 Å². The van der Waals surface area contributed by atoms with E-state index in [0.29, 0.717) is 6.54 Å². The molecule has 4 nitrogen and oxygen atoms in total. The largest absolute Gasteiger partial charge is 0.497 e. The van der Waals surface area contributed by atoms with E-state index in [1.54, 1.807) is 24.9 Å². The van der Waals surface area contributed by atoms with Gasteiger partial charge in [0.1, 0.15) is 11.6 Å². The normalized spacial score (nSPS) is 16.0. The molecule has 1 heterocycles. The van der Waals surface area contributed by atoms with E-state index in [-0.39, 0.29) is 17.9 Å². The fourth-order valence-electron chi connectivity index (χ4n) is 2.84. The number of hydrogen-bond acceptors (Lipinski definition) is 3. The van der Waals surface area contributed by atoms with Crippen LogP contribution in [0.5, 0.6) is 5.75 Å². The van der Waals surface area contributed by atoms with Crippen LogP contribution >= 0.6 is 11.8 Å². The summed E-state index contributed by atoms with van der Waals surface area (Å²) in [6.07, 6.45) is 1.54. The van der Waals surface area contributed by atoms with Crippen LogP contribution in [0.2, 0.25) is 0 Å². The third-order valence-corrected chi connectivity index (χ3v) is 5.30. The van der Waals surface area contributed by atoms with Crippen molar-refractivity contribution in [1.29, 1.82) is 0 Å². The van der Waals surface area contributed by atoms with Gasteiger partial charge in [-0.15, -0.1) is 11.8 Å². The third-order valence-electron chi connectivity index (χ3n) is 4.17. The number of fused-ring (bicyclic) bond motifs is 1. The van der Waals surface area contributed by atoms with Gasteiger partial charge in [-0.2, -0.15) is 0 Å². The highest BCUT2D eigenvalue weighted by atomic mass is 32.2. The zero-order valence-corrected chi connectivity index (χ0v) is 14.9. The molecule has 3 rings (SSSR count). The van der Waals surface area contributed by atoms with E-state index in [1.165, 1.54) is 12.1 Å². The first kappa shape index (κ1) is 17.6. The van der Waals surface area contributed by atoms with E-state index in [9.17, 15) is 9.18 Å². The number of methoxy groups -OCH3 is 1. The Labute approximate surface area is 151 Å².